The van der Waals surface area contributed by atoms with Crippen LogP contribution in [0.2, 0.25) is 0 Å². The fraction of sp³-hybridized carbons (Fsp3) is 0.0588. The van der Waals surface area contributed by atoms with E-state index in [9.17, 15) is 0 Å². The van der Waals surface area contributed by atoms with E-state index >= 15 is 0 Å². The Hall–Kier alpha value is -0.617. The zero-order chi connectivity index (χ0) is 12.7. The van der Waals surface area contributed by atoms with Gasteiger partial charge in [-0.05, 0) is 0 Å². The van der Waals surface area contributed by atoms with E-state index in [1.807, 2.05) is 0 Å². The molecule has 0 atom stereocenters. The van der Waals surface area contributed by atoms with Crippen molar-refractivity contribution in [2.75, 3.05) is 0 Å². The van der Waals surface area contributed by atoms with Crippen LogP contribution in [0.1, 0.15) is 6.42 Å². The molecule has 0 spiro atoms. The second-order valence-corrected chi connectivity index (χ2v) is 8.09. The van der Waals surface area contributed by atoms with Gasteiger partial charge in [-0.2, -0.15) is 0 Å². The van der Waals surface area contributed by atoms with E-state index in [0.717, 1.165) is 16.9 Å². The summed E-state index contributed by atoms with van der Waals surface area (Å²) in [5.74, 6) is 0. The first kappa shape index (κ1) is 17.4. The molecular formula is C17H16Cl2Zr. The quantitative estimate of drug-likeness (QED) is 0.731. The summed E-state index contributed by atoms with van der Waals surface area (Å²) in [4.78, 5) is 0. The third-order valence-corrected chi connectivity index (χ3v) is 7.09. The summed E-state index contributed by atoms with van der Waals surface area (Å²) in [7, 11) is 0. The van der Waals surface area contributed by atoms with E-state index in [1.165, 1.54) is 19.3 Å². The van der Waals surface area contributed by atoms with Crippen LogP contribution in [-0.4, -0.2) is 0 Å². The van der Waals surface area contributed by atoms with Crippen molar-refractivity contribution in [1.29, 1.82) is 0 Å². The number of hydrogen-bond acceptors (Lipinski definition) is 0. The maximum atomic E-state index is 4.22. The monoisotopic (exact) mass is 380 g/mol. The predicted octanol–water partition coefficient (Wildman–Crippen LogP) is 1.74. The molecule has 0 aliphatic heterocycles. The van der Waals surface area contributed by atoms with Gasteiger partial charge in [-0.3, -0.25) is 0 Å². The van der Waals surface area contributed by atoms with E-state index < -0.39 is 23.2 Å². The molecule has 0 bridgehead atoms. The minimum Gasteiger partial charge on any atom is -0.147 e. The van der Waals surface area contributed by atoms with Crippen molar-refractivity contribution < 1.29 is 23.2 Å². The average molecular weight is 382 g/mol. The summed E-state index contributed by atoms with van der Waals surface area (Å²) in [5, 5.41) is 4.78. The first-order valence-electron chi connectivity index (χ1n) is 6.02. The van der Waals surface area contributed by atoms with Crippen LogP contribution in [0.15, 0.2) is 45.8 Å². The van der Waals surface area contributed by atoms with Gasteiger partial charge in [0.15, 0.2) is 0 Å². The minimum atomic E-state index is -0.723. The van der Waals surface area contributed by atoms with Crippen molar-refractivity contribution in [2.24, 2.45) is 0 Å². The van der Waals surface area contributed by atoms with Crippen LogP contribution >= 0.6 is 24.8 Å². The predicted molar refractivity (Wildman–Crippen MR) is 89.3 cm³/mol. The third kappa shape index (κ3) is 3.01. The number of halogens is 2. The molecule has 0 saturated heterocycles. The normalized spacial score (nSPS) is 14.9. The van der Waals surface area contributed by atoms with Crippen molar-refractivity contribution in [3.8, 4) is 0 Å². The summed E-state index contributed by atoms with van der Waals surface area (Å²) in [6.45, 7) is 12.5. The molecule has 0 radical (unpaired) electrons. The van der Waals surface area contributed by atoms with E-state index in [1.54, 1.807) is 3.28 Å². The maximum absolute atomic E-state index is 4.22. The molecule has 0 unspecified atom stereocenters. The van der Waals surface area contributed by atoms with Crippen molar-refractivity contribution in [2.45, 2.75) is 6.42 Å². The zero-order valence-electron chi connectivity index (χ0n) is 11.1. The van der Waals surface area contributed by atoms with Crippen LogP contribution in [0, 0.1) is 0 Å². The number of hydrogen-bond donors (Lipinski definition) is 0. The largest absolute Gasteiger partial charge is 0.147 e. The minimum absolute atomic E-state index is 0. The molecule has 1 aromatic rings. The van der Waals surface area contributed by atoms with Crippen LogP contribution in [0.4, 0.5) is 0 Å². The first-order chi connectivity index (χ1) is 8.66. The van der Waals surface area contributed by atoms with Crippen LogP contribution < -0.4 is 20.9 Å². The summed E-state index contributed by atoms with van der Waals surface area (Å²) < 4.78 is 3.10. The number of rotatable bonds is 2. The number of benzene rings is 1. The van der Waals surface area contributed by atoms with E-state index in [0.29, 0.717) is 0 Å². The molecular weight excluding hydrogens is 366 g/mol. The Morgan fingerprint density at radius 1 is 1.00 bits per heavy atom. The topological polar surface area (TPSA) is 0 Å². The van der Waals surface area contributed by atoms with Crippen LogP contribution in [0.3, 0.4) is 0 Å². The van der Waals surface area contributed by atoms with Crippen LogP contribution in [0.25, 0.3) is 22.5 Å². The molecule has 1 aromatic carbocycles. The fourth-order valence-electron chi connectivity index (χ4n) is 2.42. The number of fused-ring (bicyclic) bond motifs is 1. The summed E-state index contributed by atoms with van der Waals surface area (Å²) >= 11 is -0.723. The van der Waals surface area contributed by atoms with Gasteiger partial charge in [0.1, 0.15) is 0 Å². The third-order valence-electron chi connectivity index (χ3n) is 3.37. The SMILES string of the molecule is C=C1C=c2c(=C)ccc(=C)c2=[C]1[Zr][C]1=CC=CC1.Cl.Cl. The van der Waals surface area contributed by atoms with Gasteiger partial charge in [-0.1, -0.05) is 0 Å². The number of allylic oxidation sites excluding steroid dienone is 5. The first-order valence-corrected chi connectivity index (χ1v) is 8.47. The summed E-state index contributed by atoms with van der Waals surface area (Å²) in [6.07, 6.45) is 10.0. The van der Waals surface area contributed by atoms with Gasteiger partial charge in [-0.15, -0.1) is 24.8 Å². The second kappa shape index (κ2) is 6.90. The Kier molecular flexibility index (Phi) is 6.01. The van der Waals surface area contributed by atoms with Gasteiger partial charge in [0.05, 0.1) is 0 Å². The molecule has 102 valence electrons. The van der Waals surface area contributed by atoms with Crippen LogP contribution in [-0.2, 0) is 23.2 Å². The molecule has 3 heteroatoms. The van der Waals surface area contributed by atoms with Gasteiger partial charge < -0.3 is 0 Å². The van der Waals surface area contributed by atoms with Crippen molar-refractivity contribution in [3.63, 3.8) is 0 Å². The van der Waals surface area contributed by atoms with Gasteiger partial charge in [0.2, 0.25) is 0 Å². The zero-order valence-corrected chi connectivity index (χ0v) is 15.2. The Morgan fingerprint density at radius 3 is 2.35 bits per heavy atom. The molecule has 0 aromatic heterocycles. The molecule has 0 fully saturated rings. The Morgan fingerprint density at radius 2 is 1.70 bits per heavy atom. The van der Waals surface area contributed by atoms with Crippen molar-refractivity contribution in [3.05, 3.63) is 66.7 Å². The standard InChI is InChI=1S/C12H9.C5H5.2ClH.Zr/c1-8-6-11-9(2)4-5-10(3)12(11)7-8;1-2-4-5-3-1;;;/h4-6H,1-3H2;1-3H,4H2;2*1H;. The molecule has 0 amide bonds. The Balaban J connectivity index is 0.000001000. The van der Waals surface area contributed by atoms with E-state index in [2.05, 4.69) is 56.2 Å². The smallest absolute Gasteiger partial charge is 0.147 e. The van der Waals surface area contributed by atoms with Gasteiger partial charge >= 0.3 is 119 Å². The molecule has 20 heavy (non-hydrogen) atoms. The second-order valence-electron chi connectivity index (χ2n) is 4.67. The Bertz CT molecular complexity index is 829. The van der Waals surface area contributed by atoms with E-state index in [4.69, 9.17) is 0 Å². The molecule has 2 aliphatic rings. The molecule has 0 heterocycles. The fourth-order valence-corrected chi connectivity index (χ4v) is 5.79. The van der Waals surface area contributed by atoms with E-state index in [-0.39, 0.29) is 24.8 Å². The van der Waals surface area contributed by atoms with Crippen molar-refractivity contribution in [1.82, 2.24) is 0 Å². The summed E-state index contributed by atoms with van der Waals surface area (Å²) in [6, 6.07) is 4.13. The van der Waals surface area contributed by atoms with Gasteiger partial charge in [-0.25, -0.2) is 0 Å². The molecule has 0 saturated carbocycles. The molecule has 0 nitrogen and oxygen atoms in total. The molecule has 0 N–H and O–H groups in total. The van der Waals surface area contributed by atoms with Crippen molar-refractivity contribution >= 4 is 47.3 Å². The molecule has 3 rings (SSSR count). The van der Waals surface area contributed by atoms with Crippen LogP contribution in [0.5, 0.6) is 0 Å². The average Bonchev–Trinajstić information content (AvgIpc) is 2.95. The maximum Gasteiger partial charge on any atom is -0.147 e. The summed E-state index contributed by atoms with van der Waals surface area (Å²) in [5.41, 5.74) is 1.19. The van der Waals surface area contributed by atoms with Gasteiger partial charge in [0.25, 0.3) is 0 Å². The molecule has 2 aliphatic carbocycles. The van der Waals surface area contributed by atoms with Gasteiger partial charge in [0, 0.05) is 0 Å². The Labute approximate surface area is 143 Å².